The highest BCUT2D eigenvalue weighted by atomic mass is 79.9. The molecule has 0 radical (unpaired) electrons. The molecule has 4 heteroatoms. The minimum absolute atomic E-state index is 0.669. The van der Waals surface area contributed by atoms with Gasteiger partial charge in [0.05, 0.1) is 0 Å². The molecule has 0 fully saturated rings. The van der Waals surface area contributed by atoms with E-state index in [-0.39, 0.29) is 0 Å². The van der Waals surface area contributed by atoms with Crippen molar-refractivity contribution in [1.82, 2.24) is 4.98 Å². The third-order valence-electron chi connectivity index (χ3n) is 2.96. The molecule has 1 heterocycles. The SMILES string of the molecule is BrCc1ccc(-c2nc3ccc(CBr)cc3o2)cc1. The van der Waals surface area contributed by atoms with Crippen LogP contribution < -0.4 is 0 Å². The normalized spacial score (nSPS) is 11.1. The average Bonchev–Trinajstić information content (AvgIpc) is 2.90. The van der Waals surface area contributed by atoms with Crippen LogP contribution in [0.15, 0.2) is 46.9 Å². The number of benzene rings is 2. The zero-order valence-electron chi connectivity index (χ0n) is 10.1. The summed E-state index contributed by atoms with van der Waals surface area (Å²) in [5.74, 6) is 0.669. The van der Waals surface area contributed by atoms with Crippen molar-refractivity contribution in [3.8, 4) is 11.5 Å². The predicted molar refractivity (Wildman–Crippen MR) is 84.7 cm³/mol. The van der Waals surface area contributed by atoms with Crippen molar-refractivity contribution in [2.24, 2.45) is 0 Å². The number of alkyl halides is 2. The molecule has 0 aliphatic heterocycles. The first-order valence-corrected chi connectivity index (χ1v) is 8.15. The molecule has 0 unspecified atom stereocenters. The molecule has 2 aromatic carbocycles. The van der Waals surface area contributed by atoms with E-state index in [4.69, 9.17) is 4.42 Å². The summed E-state index contributed by atoms with van der Waals surface area (Å²) in [6, 6.07) is 14.3. The van der Waals surface area contributed by atoms with Crippen LogP contribution in [0, 0.1) is 0 Å². The molecule has 0 atom stereocenters. The highest BCUT2D eigenvalue weighted by Gasteiger charge is 2.08. The molecule has 0 amide bonds. The average molecular weight is 381 g/mol. The minimum Gasteiger partial charge on any atom is -0.436 e. The summed E-state index contributed by atoms with van der Waals surface area (Å²) in [4.78, 5) is 4.52. The fraction of sp³-hybridized carbons (Fsp3) is 0.133. The Morgan fingerprint density at radius 1 is 0.895 bits per heavy atom. The van der Waals surface area contributed by atoms with Gasteiger partial charge in [0, 0.05) is 16.2 Å². The fourth-order valence-corrected chi connectivity index (χ4v) is 2.63. The van der Waals surface area contributed by atoms with Crippen LogP contribution in [0.3, 0.4) is 0 Å². The van der Waals surface area contributed by atoms with Crippen LogP contribution in [0.25, 0.3) is 22.6 Å². The maximum atomic E-state index is 5.83. The van der Waals surface area contributed by atoms with E-state index in [1.54, 1.807) is 0 Å². The van der Waals surface area contributed by atoms with Crippen LogP contribution in [0.5, 0.6) is 0 Å². The fourth-order valence-electron chi connectivity index (χ4n) is 1.91. The van der Waals surface area contributed by atoms with Gasteiger partial charge in [-0.25, -0.2) is 4.98 Å². The third kappa shape index (κ3) is 2.60. The molecular formula is C15H11Br2NO. The van der Waals surface area contributed by atoms with Crippen LogP contribution in [0.2, 0.25) is 0 Å². The largest absolute Gasteiger partial charge is 0.436 e. The highest BCUT2D eigenvalue weighted by Crippen LogP contribution is 2.26. The lowest BCUT2D eigenvalue weighted by molar-refractivity contribution is 0.619. The van der Waals surface area contributed by atoms with E-state index in [2.05, 4.69) is 55.0 Å². The van der Waals surface area contributed by atoms with Gasteiger partial charge in [-0.3, -0.25) is 0 Å². The predicted octanol–water partition coefficient (Wildman–Crippen LogP) is 5.28. The molecule has 0 N–H and O–H groups in total. The zero-order chi connectivity index (χ0) is 13.2. The number of hydrogen-bond donors (Lipinski definition) is 0. The van der Waals surface area contributed by atoms with E-state index in [1.807, 2.05) is 24.3 Å². The Labute approximate surface area is 128 Å². The summed E-state index contributed by atoms with van der Waals surface area (Å²) in [5, 5.41) is 1.67. The van der Waals surface area contributed by atoms with Gasteiger partial charge in [0.25, 0.3) is 0 Å². The highest BCUT2D eigenvalue weighted by molar-refractivity contribution is 9.08. The van der Waals surface area contributed by atoms with Gasteiger partial charge in [-0.2, -0.15) is 0 Å². The molecule has 2 nitrogen and oxygen atoms in total. The topological polar surface area (TPSA) is 26.0 Å². The molecule has 19 heavy (non-hydrogen) atoms. The Morgan fingerprint density at radius 2 is 1.58 bits per heavy atom. The Balaban J connectivity index is 2.04. The summed E-state index contributed by atoms with van der Waals surface area (Å²) < 4.78 is 5.83. The van der Waals surface area contributed by atoms with Crippen LogP contribution >= 0.6 is 31.9 Å². The number of nitrogens with zero attached hydrogens (tertiary/aromatic N) is 1. The van der Waals surface area contributed by atoms with Gasteiger partial charge >= 0.3 is 0 Å². The minimum atomic E-state index is 0.669. The van der Waals surface area contributed by atoms with Crippen molar-refractivity contribution in [2.45, 2.75) is 10.7 Å². The number of oxazole rings is 1. The van der Waals surface area contributed by atoms with Gasteiger partial charge in [-0.1, -0.05) is 50.1 Å². The number of rotatable bonds is 3. The van der Waals surface area contributed by atoms with E-state index < -0.39 is 0 Å². The van der Waals surface area contributed by atoms with E-state index in [0.717, 1.165) is 27.3 Å². The first-order valence-electron chi connectivity index (χ1n) is 5.91. The molecule has 0 saturated heterocycles. The Bertz CT molecular complexity index is 704. The van der Waals surface area contributed by atoms with E-state index >= 15 is 0 Å². The summed E-state index contributed by atoms with van der Waals surface area (Å²) >= 11 is 6.88. The summed E-state index contributed by atoms with van der Waals surface area (Å²) in [6.45, 7) is 0. The number of hydrogen-bond acceptors (Lipinski definition) is 2. The first-order chi connectivity index (χ1) is 9.30. The van der Waals surface area contributed by atoms with Gasteiger partial charge in [-0.05, 0) is 35.4 Å². The second kappa shape index (κ2) is 5.47. The standard InChI is InChI=1S/C15H11Br2NO/c16-8-10-1-4-12(5-2-10)15-18-13-6-3-11(9-17)7-14(13)19-15/h1-7H,8-9H2. The van der Waals surface area contributed by atoms with Crippen LogP contribution in [0.4, 0.5) is 0 Å². The van der Waals surface area contributed by atoms with Crippen molar-refractivity contribution in [2.75, 3.05) is 0 Å². The molecule has 3 aromatic rings. The van der Waals surface area contributed by atoms with Gasteiger partial charge in [-0.15, -0.1) is 0 Å². The van der Waals surface area contributed by atoms with E-state index in [0.29, 0.717) is 5.89 Å². The number of halogens is 2. The van der Waals surface area contributed by atoms with Crippen LogP contribution in [-0.4, -0.2) is 4.98 Å². The maximum Gasteiger partial charge on any atom is 0.227 e. The molecule has 96 valence electrons. The first kappa shape index (κ1) is 12.9. The second-order valence-corrected chi connectivity index (χ2v) is 5.41. The molecule has 0 bridgehead atoms. The van der Waals surface area contributed by atoms with E-state index in [9.17, 15) is 0 Å². The summed E-state index contributed by atoms with van der Waals surface area (Å²) in [7, 11) is 0. The Hall–Kier alpha value is -1.13. The van der Waals surface area contributed by atoms with Crippen LogP contribution in [0.1, 0.15) is 11.1 Å². The monoisotopic (exact) mass is 379 g/mol. The molecular weight excluding hydrogens is 370 g/mol. The van der Waals surface area contributed by atoms with Crippen molar-refractivity contribution in [3.63, 3.8) is 0 Å². The summed E-state index contributed by atoms with van der Waals surface area (Å²) in [5.41, 5.74) is 5.15. The van der Waals surface area contributed by atoms with Gasteiger partial charge < -0.3 is 4.42 Å². The van der Waals surface area contributed by atoms with Crippen molar-refractivity contribution in [3.05, 3.63) is 53.6 Å². The van der Waals surface area contributed by atoms with Gasteiger partial charge in [0.1, 0.15) is 5.52 Å². The molecule has 0 aliphatic rings. The number of aromatic nitrogens is 1. The van der Waals surface area contributed by atoms with Gasteiger partial charge in [0.2, 0.25) is 5.89 Å². The summed E-state index contributed by atoms with van der Waals surface area (Å²) in [6.07, 6.45) is 0. The van der Waals surface area contributed by atoms with Crippen molar-refractivity contribution in [1.29, 1.82) is 0 Å². The second-order valence-electron chi connectivity index (χ2n) is 4.29. The lowest BCUT2D eigenvalue weighted by atomic mass is 10.1. The lowest BCUT2D eigenvalue weighted by Crippen LogP contribution is -1.79. The Kier molecular flexibility index (Phi) is 3.71. The zero-order valence-corrected chi connectivity index (χ0v) is 13.2. The van der Waals surface area contributed by atoms with Crippen molar-refractivity contribution < 1.29 is 4.42 Å². The maximum absolute atomic E-state index is 5.83. The van der Waals surface area contributed by atoms with Gasteiger partial charge in [0.15, 0.2) is 5.58 Å². The van der Waals surface area contributed by atoms with E-state index in [1.165, 1.54) is 11.1 Å². The molecule has 1 aromatic heterocycles. The van der Waals surface area contributed by atoms with Crippen LogP contribution in [-0.2, 0) is 10.7 Å². The molecule has 0 saturated carbocycles. The molecule has 0 aliphatic carbocycles. The lowest BCUT2D eigenvalue weighted by Gasteiger charge is -1.97. The smallest absolute Gasteiger partial charge is 0.227 e. The molecule has 0 spiro atoms. The quantitative estimate of drug-likeness (QED) is 0.577. The Morgan fingerprint density at radius 3 is 2.26 bits per heavy atom. The third-order valence-corrected chi connectivity index (χ3v) is 4.26. The molecule has 3 rings (SSSR count). The number of fused-ring (bicyclic) bond motifs is 1. The van der Waals surface area contributed by atoms with Crippen molar-refractivity contribution >= 4 is 43.0 Å².